The lowest BCUT2D eigenvalue weighted by Crippen LogP contribution is -2.33. The molecule has 0 saturated carbocycles. The molecule has 0 bridgehead atoms. The summed E-state index contributed by atoms with van der Waals surface area (Å²) in [6.07, 6.45) is 0. The minimum absolute atomic E-state index is 0.306. The standard InChI is InChI=1S/C9H12O4/c1-6-4-5-7(13-6)9(2,12-3)8(10)11/h4-5H,1-3H3,(H,10,11). The van der Waals surface area contributed by atoms with E-state index in [4.69, 9.17) is 14.3 Å². The van der Waals surface area contributed by atoms with Crippen LogP contribution in [0.5, 0.6) is 0 Å². The Bertz CT molecular complexity index is 315. The van der Waals surface area contributed by atoms with Gasteiger partial charge in [-0.15, -0.1) is 0 Å². The molecule has 1 unspecified atom stereocenters. The minimum Gasteiger partial charge on any atom is -0.479 e. The van der Waals surface area contributed by atoms with E-state index in [-0.39, 0.29) is 0 Å². The quantitative estimate of drug-likeness (QED) is 0.773. The maximum absolute atomic E-state index is 10.9. The number of methoxy groups -OCH3 is 1. The van der Waals surface area contributed by atoms with Gasteiger partial charge in [0.05, 0.1) is 0 Å². The number of hydrogen-bond acceptors (Lipinski definition) is 3. The highest BCUT2D eigenvalue weighted by atomic mass is 16.5. The third-order valence-corrected chi connectivity index (χ3v) is 2.03. The number of furan rings is 1. The molecular formula is C9H12O4. The number of aryl methyl sites for hydroxylation is 1. The smallest absolute Gasteiger partial charge is 0.343 e. The maximum Gasteiger partial charge on any atom is 0.343 e. The van der Waals surface area contributed by atoms with E-state index in [2.05, 4.69) is 0 Å². The van der Waals surface area contributed by atoms with E-state index < -0.39 is 11.6 Å². The van der Waals surface area contributed by atoms with Crippen molar-refractivity contribution in [3.8, 4) is 0 Å². The number of hydrogen-bond donors (Lipinski definition) is 1. The number of rotatable bonds is 3. The van der Waals surface area contributed by atoms with Gasteiger partial charge in [0.2, 0.25) is 5.60 Å². The second kappa shape index (κ2) is 3.22. The molecule has 0 spiro atoms. The van der Waals surface area contributed by atoms with Gasteiger partial charge >= 0.3 is 5.97 Å². The van der Waals surface area contributed by atoms with Crippen LogP contribution in [0.1, 0.15) is 18.4 Å². The summed E-state index contributed by atoms with van der Waals surface area (Å²) in [5, 5.41) is 8.91. The van der Waals surface area contributed by atoms with Crippen molar-refractivity contribution in [3.05, 3.63) is 23.7 Å². The summed E-state index contributed by atoms with van der Waals surface area (Å²) >= 11 is 0. The van der Waals surface area contributed by atoms with Crippen LogP contribution in [0, 0.1) is 6.92 Å². The average molecular weight is 184 g/mol. The summed E-state index contributed by atoms with van der Waals surface area (Å²) in [5.74, 6) is -0.0936. The molecule has 1 atom stereocenters. The summed E-state index contributed by atoms with van der Waals surface area (Å²) in [4.78, 5) is 10.9. The van der Waals surface area contributed by atoms with Gasteiger partial charge in [-0.2, -0.15) is 0 Å². The number of aliphatic carboxylic acids is 1. The molecular weight excluding hydrogens is 172 g/mol. The van der Waals surface area contributed by atoms with E-state index >= 15 is 0 Å². The SMILES string of the molecule is COC(C)(C(=O)O)c1ccc(C)o1. The Morgan fingerprint density at radius 3 is 2.54 bits per heavy atom. The second-order valence-electron chi connectivity index (χ2n) is 2.95. The Morgan fingerprint density at radius 1 is 1.62 bits per heavy atom. The molecule has 0 aliphatic heterocycles. The topological polar surface area (TPSA) is 59.7 Å². The Hall–Kier alpha value is -1.29. The Morgan fingerprint density at radius 2 is 2.23 bits per heavy atom. The van der Waals surface area contributed by atoms with Gasteiger partial charge in [0, 0.05) is 7.11 Å². The molecule has 0 fully saturated rings. The van der Waals surface area contributed by atoms with Gasteiger partial charge in [-0.3, -0.25) is 0 Å². The monoisotopic (exact) mass is 184 g/mol. The zero-order chi connectivity index (χ0) is 10.1. The van der Waals surface area contributed by atoms with Gasteiger partial charge in [-0.25, -0.2) is 4.79 Å². The number of carboxylic acids is 1. The van der Waals surface area contributed by atoms with E-state index in [1.54, 1.807) is 19.1 Å². The van der Waals surface area contributed by atoms with E-state index in [0.29, 0.717) is 11.5 Å². The molecule has 1 rings (SSSR count). The zero-order valence-electron chi connectivity index (χ0n) is 7.83. The molecule has 4 heteroatoms. The van der Waals surface area contributed by atoms with Gasteiger partial charge < -0.3 is 14.3 Å². The highest BCUT2D eigenvalue weighted by Gasteiger charge is 2.38. The first kappa shape index (κ1) is 9.80. The van der Waals surface area contributed by atoms with Crippen molar-refractivity contribution >= 4 is 5.97 Å². The van der Waals surface area contributed by atoms with Crippen LogP contribution in [0.4, 0.5) is 0 Å². The Balaban J connectivity index is 3.09. The molecule has 1 aromatic rings. The molecule has 13 heavy (non-hydrogen) atoms. The van der Waals surface area contributed by atoms with Crippen molar-refractivity contribution in [2.75, 3.05) is 7.11 Å². The second-order valence-corrected chi connectivity index (χ2v) is 2.95. The van der Waals surface area contributed by atoms with E-state index in [9.17, 15) is 4.79 Å². The van der Waals surface area contributed by atoms with Crippen LogP contribution in [0.15, 0.2) is 16.5 Å². The van der Waals surface area contributed by atoms with E-state index in [1.165, 1.54) is 14.0 Å². The maximum atomic E-state index is 10.9. The van der Waals surface area contributed by atoms with Crippen LogP contribution in [0.25, 0.3) is 0 Å². The molecule has 4 nitrogen and oxygen atoms in total. The fourth-order valence-electron chi connectivity index (χ4n) is 0.984. The molecule has 1 aromatic heterocycles. The molecule has 72 valence electrons. The van der Waals surface area contributed by atoms with Crippen molar-refractivity contribution in [1.29, 1.82) is 0 Å². The fraction of sp³-hybridized carbons (Fsp3) is 0.444. The summed E-state index contributed by atoms with van der Waals surface area (Å²) in [7, 11) is 1.34. The third kappa shape index (κ3) is 1.58. The number of carbonyl (C=O) groups is 1. The summed E-state index contributed by atoms with van der Waals surface area (Å²) in [6, 6.07) is 3.31. The fourth-order valence-corrected chi connectivity index (χ4v) is 0.984. The first-order valence-corrected chi connectivity index (χ1v) is 3.86. The molecule has 0 aromatic carbocycles. The third-order valence-electron chi connectivity index (χ3n) is 2.03. The van der Waals surface area contributed by atoms with Crippen molar-refractivity contribution in [1.82, 2.24) is 0 Å². The Labute approximate surface area is 76.1 Å². The molecule has 0 aliphatic carbocycles. The molecule has 0 radical (unpaired) electrons. The minimum atomic E-state index is -1.39. The van der Waals surface area contributed by atoms with E-state index in [1.807, 2.05) is 0 Å². The van der Waals surface area contributed by atoms with Crippen molar-refractivity contribution < 1.29 is 19.1 Å². The molecule has 0 amide bonds. The van der Waals surface area contributed by atoms with Crippen LogP contribution in [-0.2, 0) is 15.1 Å². The lowest BCUT2D eigenvalue weighted by atomic mass is 10.0. The normalized spacial score (nSPS) is 15.3. The zero-order valence-corrected chi connectivity index (χ0v) is 7.83. The van der Waals surface area contributed by atoms with Crippen molar-refractivity contribution in [2.24, 2.45) is 0 Å². The largest absolute Gasteiger partial charge is 0.479 e. The molecule has 1 N–H and O–H groups in total. The van der Waals surface area contributed by atoms with Crippen LogP contribution in [0.3, 0.4) is 0 Å². The highest BCUT2D eigenvalue weighted by Crippen LogP contribution is 2.26. The average Bonchev–Trinajstić information content (AvgIpc) is 2.50. The predicted octanol–water partition coefficient (Wildman–Crippen LogP) is 1.53. The van der Waals surface area contributed by atoms with Gasteiger partial charge in [0.15, 0.2) is 0 Å². The van der Waals surface area contributed by atoms with Crippen molar-refractivity contribution in [3.63, 3.8) is 0 Å². The predicted molar refractivity (Wildman–Crippen MR) is 45.4 cm³/mol. The van der Waals surface area contributed by atoms with Gasteiger partial charge in [-0.1, -0.05) is 0 Å². The van der Waals surface area contributed by atoms with Gasteiger partial charge in [0.25, 0.3) is 0 Å². The van der Waals surface area contributed by atoms with Crippen LogP contribution >= 0.6 is 0 Å². The first-order chi connectivity index (χ1) is 6.00. The first-order valence-electron chi connectivity index (χ1n) is 3.86. The van der Waals surface area contributed by atoms with E-state index in [0.717, 1.165) is 0 Å². The summed E-state index contributed by atoms with van der Waals surface area (Å²) < 4.78 is 10.1. The lowest BCUT2D eigenvalue weighted by molar-refractivity contribution is -0.163. The highest BCUT2D eigenvalue weighted by molar-refractivity contribution is 5.78. The molecule has 1 heterocycles. The van der Waals surface area contributed by atoms with Gasteiger partial charge in [0.1, 0.15) is 11.5 Å². The van der Waals surface area contributed by atoms with Gasteiger partial charge in [-0.05, 0) is 26.0 Å². The number of ether oxygens (including phenoxy) is 1. The van der Waals surface area contributed by atoms with Crippen LogP contribution < -0.4 is 0 Å². The lowest BCUT2D eigenvalue weighted by Gasteiger charge is -2.19. The molecule has 0 aliphatic rings. The number of carboxylic acid groups (broad SMARTS) is 1. The summed E-state index contributed by atoms with van der Waals surface area (Å²) in [6.45, 7) is 3.20. The molecule has 0 saturated heterocycles. The summed E-state index contributed by atoms with van der Waals surface area (Å²) in [5.41, 5.74) is -1.39. The van der Waals surface area contributed by atoms with Crippen molar-refractivity contribution in [2.45, 2.75) is 19.4 Å². The van der Waals surface area contributed by atoms with Crippen LogP contribution in [0.2, 0.25) is 0 Å². The Kier molecular flexibility index (Phi) is 2.43. The van der Waals surface area contributed by atoms with Crippen LogP contribution in [-0.4, -0.2) is 18.2 Å².